The van der Waals surface area contributed by atoms with Gasteiger partial charge in [0, 0.05) is 6.54 Å². The molecule has 0 aromatic rings. The van der Waals surface area contributed by atoms with Gasteiger partial charge in [-0.15, -0.1) is 0 Å². The van der Waals surface area contributed by atoms with Gasteiger partial charge in [0.1, 0.15) is 0 Å². The van der Waals surface area contributed by atoms with Crippen LogP contribution < -0.4 is 4.72 Å². The summed E-state index contributed by atoms with van der Waals surface area (Å²) in [5.74, 6) is 1.64. The highest BCUT2D eigenvalue weighted by Crippen LogP contribution is 2.50. The molecule has 2 fully saturated rings. The molecule has 2 aliphatic rings. The monoisotopic (exact) mass is 271 g/mol. The molecule has 17 heavy (non-hydrogen) atoms. The average molecular weight is 271 g/mol. The third-order valence-electron chi connectivity index (χ3n) is 4.10. The number of sulfonamides is 1. The van der Waals surface area contributed by atoms with Crippen molar-refractivity contribution in [3.05, 3.63) is 0 Å². The summed E-state index contributed by atoms with van der Waals surface area (Å²) in [5.41, 5.74) is -5.19. The van der Waals surface area contributed by atoms with E-state index in [-0.39, 0.29) is 6.54 Å². The van der Waals surface area contributed by atoms with E-state index in [1.165, 1.54) is 0 Å². The molecule has 0 aromatic heterocycles. The van der Waals surface area contributed by atoms with Crippen LogP contribution in [-0.2, 0) is 10.0 Å². The Hall–Kier alpha value is -0.300. The second-order valence-electron chi connectivity index (χ2n) is 4.97. The Morgan fingerprint density at radius 1 is 1.06 bits per heavy atom. The maximum atomic E-state index is 12.0. The van der Waals surface area contributed by atoms with E-state index in [4.69, 9.17) is 0 Å². The lowest BCUT2D eigenvalue weighted by molar-refractivity contribution is -0.0448. The summed E-state index contributed by atoms with van der Waals surface area (Å²) >= 11 is 0. The van der Waals surface area contributed by atoms with E-state index in [1.54, 1.807) is 4.72 Å². The maximum absolute atomic E-state index is 12.0. The lowest BCUT2D eigenvalue weighted by Gasteiger charge is -2.16. The first kappa shape index (κ1) is 13.1. The lowest BCUT2D eigenvalue weighted by atomic mass is 9.94. The molecular formula is C10H16F3NO2S. The van der Waals surface area contributed by atoms with Crippen molar-refractivity contribution in [2.45, 2.75) is 37.6 Å². The predicted molar refractivity (Wildman–Crippen MR) is 56.5 cm³/mol. The molecule has 0 saturated heterocycles. The van der Waals surface area contributed by atoms with Crippen LogP contribution in [0.1, 0.15) is 32.1 Å². The van der Waals surface area contributed by atoms with Crippen molar-refractivity contribution < 1.29 is 21.6 Å². The average Bonchev–Trinajstić information content (AvgIpc) is 2.76. The van der Waals surface area contributed by atoms with Gasteiger partial charge in [-0.25, -0.2) is 13.1 Å². The fourth-order valence-corrected chi connectivity index (χ4v) is 3.85. The molecule has 0 atom stereocenters. The quantitative estimate of drug-likeness (QED) is 0.852. The lowest BCUT2D eigenvalue weighted by Crippen LogP contribution is -2.37. The molecule has 3 nitrogen and oxygen atoms in total. The topological polar surface area (TPSA) is 46.2 Å². The zero-order chi connectivity index (χ0) is 12.7. The Balaban J connectivity index is 1.81. The summed E-state index contributed by atoms with van der Waals surface area (Å²) in [6, 6.07) is 0. The van der Waals surface area contributed by atoms with Crippen LogP contribution in [0, 0.1) is 17.8 Å². The van der Waals surface area contributed by atoms with E-state index in [9.17, 15) is 21.6 Å². The third kappa shape index (κ3) is 2.59. The van der Waals surface area contributed by atoms with Gasteiger partial charge in [0.05, 0.1) is 0 Å². The zero-order valence-corrected chi connectivity index (χ0v) is 10.1. The van der Waals surface area contributed by atoms with Crippen LogP contribution in [0.2, 0.25) is 0 Å². The Kier molecular flexibility index (Phi) is 3.42. The maximum Gasteiger partial charge on any atom is 0.511 e. The van der Waals surface area contributed by atoms with Crippen molar-refractivity contribution in [2.75, 3.05) is 6.54 Å². The number of nitrogens with one attached hydrogen (secondary N) is 1. The fraction of sp³-hybridized carbons (Fsp3) is 1.00. The normalized spacial score (nSPS) is 33.2. The molecule has 2 rings (SSSR count). The summed E-state index contributed by atoms with van der Waals surface area (Å²) in [4.78, 5) is 0. The molecule has 7 heteroatoms. The Labute approximate surface area is 98.8 Å². The van der Waals surface area contributed by atoms with Gasteiger partial charge in [0.2, 0.25) is 0 Å². The SMILES string of the molecule is O=S(=O)(NCCC1C2CCC1CC2)C(F)(F)F. The number of hydrogen-bond donors (Lipinski definition) is 1. The van der Waals surface area contributed by atoms with Crippen LogP contribution in [0.3, 0.4) is 0 Å². The number of alkyl halides is 3. The summed E-state index contributed by atoms with van der Waals surface area (Å²) in [7, 11) is -5.15. The summed E-state index contributed by atoms with van der Waals surface area (Å²) in [6.07, 6.45) is 5.15. The minimum absolute atomic E-state index is 0.0977. The van der Waals surface area contributed by atoms with Crippen molar-refractivity contribution in [1.29, 1.82) is 0 Å². The molecular weight excluding hydrogens is 255 g/mol. The second-order valence-corrected chi connectivity index (χ2v) is 6.73. The van der Waals surface area contributed by atoms with E-state index in [2.05, 4.69) is 0 Å². The van der Waals surface area contributed by atoms with E-state index in [0.29, 0.717) is 24.2 Å². The summed E-state index contributed by atoms with van der Waals surface area (Å²) in [6.45, 7) is -0.0977. The molecule has 2 saturated carbocycles. The number of rotatable bonds is 4. The van der Waals surface area contributed by atoms with Gasteiger partial charge in [0.15, 0.2) is 0 Å². The third-order valence-corrected chi connectivity index (χ3v) is 5.30. The highest BCUT2D eigenvalue weighted by molar-refractivity contribution is 7.90. The van der Waals surface area contributed by atoms with Gasteiger partial charge in [-0.2, -0.15) is 13.2 Å². The second kappa shape index (κ2) is 4.42. The molecule has 0 aliphatic heterocycles. The zero-order valence-electron chi connectivity index (χ0n) is 9.33. The Morgan fingerprint density at radius 2 is 1.53 bits per heavy atom. The first-order valence-electron chi connectivity index (χ1n) is 5.87. The smallest absolute Gasteiger partial charge is 0.207 e. The predicted octanol–water partition coefficient (Wildman–Crippen LogP) is 2.25. The summed E-state index contributed by atoms with van der Waals surface area (Å²) < 4.78 is 59.3. The van der Waals surface area contributed by atoms with Crippen LogP contribution in [-0.4, -0.2) is 20.5 Å². The largest absolute Gasteiger partial charge is 0.511 e. The van der Waals surface area contributed by atoms with Crippen LogP contribution >= 0.6 is 0 Å². The van der Waals surface area contributed by atoms with E-state index in [0.717, 1.165) is 25.7 Å². The molecule has 0 amide bonds. The Bertz CT molecular complexity index is 360. The van der Waals surface area contributed by atoms with E-state index in [1.807, 2.05) is 0 Å². The van der Waals surface area contributed by atoms with Gasteiger partial charge in [-0.05, 0) is 49.9 Å². The molecule has 1 N–H and O–H groups in total. The van der Waals surface area contributed by atoms with Crippen molar-refractivity contribution in [3.63, 3.8) is 0 Å². The van der Waals surface area contributed by atoms with Crippen LogP contribution in [0.25, 0.3) is 0 Å². The minimum atomic E-state index is -5.19. The number of halogens is 3. The summed E-state index contributed by atoms with van der Waals surface area (Å²) in [5, 5.41) is 0. The molecule has 100 valence electrons. The van der Waals surface area contributed by atoms with E-state index >= 15 is 0 Å². The van der Waals surface area contributed by atoms with Crippen LogP contribution in [0.4, 0.5) is 13.2 Å². The molecule has 0 spiro atoms. The van der Waals surface area contributed by atoms with E-state index < -0.39 is 15.5 Å². The van der Waals surface area contributed by atoms with Crippen molar-refractivity contribution in [2.24, 2.45) is 17.8 Å². The number of hydrogen-bond acceptors (Lipinski definition) is 2. The molecule has 0 aromatic carbocycles. The van der Waals surface area contributed by atoms with Gasteiger partial charge in [-0.1, -0.05) is 0 Å². The molecule has 0 heterocycles. The minimum Gasteiger partial charge on any atom is -0.207 e. The first-order chi connectivity index (χ1) is 7.81. The van der Waals surface area contributed by atoms with Gasteiger partial charge in [0.25, 0.3) is 0 Å². The number of fused-ring (bicyclic) bond motifs is 2. The fourth-order valence-electron chi connectivity index (χ4n) is 3.30. The standard InChI is InChI=1S/C10H16F3NO2S/c11-10(12,13)17(15,16)14-6-5-9-7-1-2-8(9)4-3-7/h7-9,14H,1-6H2. The molecule has 2 bridgehead atoms. The molecule has 2 aliphatic carbocycles. The van der Waals surface area contributed by atoms with Crippen molar-refractivity contribution >= 4 is 10.0 Å². The van der Waals surface area contributed by atoms with Gasteiger partial charge in [-0.3, -0.25) is 0 Å². The molecule has 0 radical (unpaired) electrons. The Morgan fingerprint density at radius 3 is 1.94 bits per heavy atom. The van der Waals surface area contributed by atoms with Crippen LogP contribution in [0.5, 0.6) is 0 Å². The first-order valence-corrected chi connectivity index (χ1v) is 7.35. The van der Waals surface area contributed by atoms with Crippen molar-refractivity contribution in [3.8, 4) is 0 Å². The van der Waals surface area contributed by atoms with Gasteiger partial charge >= 0.3 is 15.5 Å². The molecule has 0 unspecified atom stereocenters. The highest BCUT2D eigenvalue weighted by Gasteiger charge is 2.46. The highest BCUT2D eigenvalue weighted by atomic mass is 32.2. The van der Waals surface area contributed by atoms with Gasteiger partial charge < -0.3 is 0 Å². The van der Waals surface area contributed by atoms with Crippen molar-refractivity contribution in [1.82, 2.24) is 4.72 Å². The van der Waals surface area contributed by atoms with Crippen LogP contribution in [0.15, 0.2) is 0 Å².